The molecule has 126 valence electrons. The van der Waals surface area contributed by atoms with Gasteiger partial charge in [0.25, 0.3) is 0 Å². The van der Waals surface area contributed by atoms with Gasteiger partial charge in [-0.25, -0.2) is 0 Å². The average Bonchev–Trinajstić information content (AvgIpc) is 2.48. The zero-order valence-electron chi connectivity index (χ0n) is 13.9. The molecule has 3 N–H and O–H groups in total. The van der Waals surface area contributed by atoms with Gasteiger partial charge in [0.05, 0.1) is 11.0 Å². The van der Waals surface area contributed by atoms with Crippen LogP contribution in [0.25, 0.3) is 0 Å². The molecule has 1 aliphatic rings. The Morgan fingerprint density at radius 2 is 1.78 bits per heavy atom. The molecule has 0 aromatic heterocycles. The molecule has 0 radical (unpaired) electrons. The van der Waals surface area contributed by atoms with E-state index in [1.54, 1.807) is 18.7 Å². The van der Waals surface area contributed by atoms with Crippen molar-refractivity contribution in [1.82, 2.24) is 4.90 Å². The lowest BCUT2D eigenvalue weighted by Gasteiger charge is -2.39. The lowest BCUT2D eigenvalue weighted by atomic mass is 9.84. The third-order valence-corrected chi connectivity index (χ3v) is 4.68. The number of nitrogens with two attached hydrogens (primary N) is 1. The van der Waals surface area contributed by atoms with Gasteiger partial charge in [0.1, 0.15) is 0 Å². The number of amides is 2. The van der Waals surface area contributed by atoms with Gasteiger partial charge in [-0.15, -0.1) is 0 Å². The fraction of sp³-hybridized carbons (Fsp3) is 0.556. The molecule has 0 spiro atoms. The molecule has 0 atom stereocenters. The number of carbonyl (C=O) groups excluding carboxylic acids is 2. The number of rotatable bonds is 5. The Labute approximate surface area is 137 Å². The molecule has 1 aromatic rings. The fourth-order valence-corrected chi connectivity index (χ4v) is 2.90. The number of nitrogens with zero attached hydrogens (tertiary/aromatic N) is 1. The number of likely N-dealkylation sites (tertiary alicyclic amines) is 1. The maximum absolute atomic E-state index is 12.3. The second-order valence-electron chi connectivity index (χ2n) is 7.19. The van der Waals surface area contributed by atoms with E-state index in [1.165, 1.54) is 0 Å². The van der Waals surface area contributed by atoms with Gasteiger partial charge in [0, 0.05) is 25.9 Å². The van der Waals surface area contributed by atoms with Crippen molar-refractivity contribution >= 4 is 11.8 Å². The normalized spacial score (nSPS) is 17.8. The highest BCUT2D eigenvalue weighted by molar-refractivity contribution is 5.87. The number of primary amides is 1. The highest BCUT2D eigenvalue weighted by Crippen LogP contribution is 2.28. The first-order valence-electron chi connectivity index (χ1n) is 8.06. The van der Waals surface area contributed by atoms with Gasteiger partial charge in [0.15, 0.2) is 0 Å². The maximum Gasteiger partial charge on any atom is 0.223 e. The third-order valence-electron chi connectivity index (χ3n) is 4.68. The molecule has 5 heteroatoms. The Balaban J connectivity index is 1.90. The average molecular weight is 318 g/mol. The molecule has 0 saturated carbocycles. The van der Waals surface area contributed by atoms with Crippen molar-refractivity contribution in [3.63, 3.8) is 0 Å². The molecular formula is C18H26N2O3. The van der Waals surface area contributed by atoms with Crippen molar-refractivity contribution in [1.29, 1.82) is 0 Å². The van der Waals surface area contributed by atoms with E-state index in [0.717, 1.165) is 5.56 Å². The van der Waals surface area contributed by atoms with Gasteiger partial charge in [-0.2, -0.15) is 0 Å². The molecule has 1 saturated heterocycles. The topological polar surface area (TPSA) is 83.6 Å². The first-order chi connectivity index (χ1) is 10.7. The maximum atomic E-state index is 12.3. The van der Waals surface area contributed by atoms with Crippen LogP contribution in [0.3, 0.4) is 0 Å². The van der Waals surface area contributed by atoms with Gasteiger partial charge < -0.3 is 15.7 Å². The molecule has 0 unspecified atom stereocenters. The zero-order chi connectivity index (χ0) is 17.1. The molecule has 5 nitrogen and oxygen atoms in total. The van der Waals surface area contributed by atoms with Gasteiger partial charge >= 0.3 is 0 Å². The third kappa shape index (κ3) is 4.55. The summed E-state index contributed by atoms with van der Waals surface area (Å²) in [6.45, 7) is 4.39. The van der Waals surface area contributed by atoms with Crippen LogP contribution < -0.4 is 5.73 Å². The Kier molecular flexibility index (Phi) is 5.09. The molecule has 2 amide bonds. The summed E-state index contributed by atoms with van der Waals surface area (Å²) in [5.41, 5.74) is 4.82. The number of hydrogen-bond acceptors (Lipinski definition) is 3. The number of benzene rings is 1. The van der Waals surface area contributed by atoms with Crippen molar-refractivity contribution < 1.29 is 14.7 Å². The first-order valence-corrected chi connectivity index (χ1v) is 8.06. The molecule has 23 heavy (non-hydrogen) atoms. The van der Waals surface area contributed by atoms with Crippen molar-refractivity contribution in [2.75, 3.05) is 13.1 Å². The van der Waals surface area contributed by atoms with Crippen LogP contribution in [0.2, 0.25) is 0 Å². The molecule has 1 fully saturated rings. The standard InChI is InChI=1S/C18H26N2O3/c1-17(2,16(19)22)13-15(21)20-10-8-18(23,9-11-20)12-14-6-4-3-5-7-14/h3-7,23H,8-13H2,1-2H3,(H2,19,22). The number of piperidine rings is 1. The van der Waals surface area contributed by atoms with Crippen LogP contribution in [0.5, 0.6) is 0 Å². The SMILES string of the molecule is CC(C)(CC(=O)N1CCC(O)(Cc2ccccc2)CC1)C(N)=O. The van der Waals surface area contributed by atoms with Crippen LogP contribution in [0.4, 0.5) is 0 Å². The smallest absolute Gasteiger partial charge is 0.223 e. The van der Waals surface area contributed by atoms with Crippen molar-refractivity contribution in [2.24, 2.45) is 11.1 Å². The van der Waals surface area contributed by atoms with E-state index in [-0.39, 0.29) is 12.3 Å². The molecule has 0 bridgehead atoms. The lowest BCUT2D eigenvalue weighted by molar-refractivity contribution is -0.141. The zero-order valence-corrected chi connectivity index (χ0v) is 13.9. The summed E-state index contributed by atoms with van der Waals surface area (Å²) >= 11 is 0. The Morgan fingerprint density at radius 3 is 2.30 bits per heavy atom. The predicted octanol–water partition coefficient (Wildman–Crippen LogP) is 1.48. The van der Waals surface area contributed by atoms with Crippen LogP contribution in [-0.2, 0) is 16.0 Å². The summed E-state index contributed by atoms with van der Waals surface area (Å²) in [5, 5.41) is 10.7. The van der Waals surface area contributed by atoms with Gasteiger partial charge in [-0.3, -0.25) is 9.59 Å². The van der Waals surface area contributed by atoms with E-state index in [1.807, 2.05) is 30.3 Å². The minimum Gasteiger partial charge on any atom is -0.389 e. The summed E-state index contributed by atoms with van der Waals surface area (Å²) in [5.74, 6) is -0.543. The highest BCUT2D eigenvalue weighted by atomic mass is 16.3. The Hall–Kier alpha value is -1.88. The van der Waals surface area contributed by atoms with Crippen LogP contribution >= 0.6 is 0 Å². The number of hydrogen-bond donors (Lipinski definition) is 2. The number of aliphatic hydroxyl groups is 1. The fourth-order valence-electron chi connectivity index (χ4n) is 2.90. The van der Waals surface area contributed by atoms with Gasteiger partial charge in [-0.05, 0) is 18.4 Å². The second-order valence-corrected chi connectivity index (χ2v) is 7.19. The Bertz CT molecular complexity index is 561. The quantitative estimate of drug-likeness (QED) is 0.862. The summed E-state index contributed by atoms with van der Waals surface area (Å²) < 4.78 is 0. The van der Waals surface area contributed by atoms with E-state index < -0.39 is 16.9 Å². The van der Waals surface area contributed by atoms with Gasteiger partial charge in [-0.1, -0.05) is 44.2 Å². The van der Waals surface area contributed by atoms with Crippen molar-refractivity contribution in [3.05, 3.63) is 35.9 Å². The van der Waals surface area contributed by atoms with Crippen LogP contribution in [0.15, 0.2) is 30.3 Å². The minimum atomic E-state index is -0.838. The lowest BCUT2D eigenvalue weighted by Crippen LogP contribution is -2.49. The van der Waals surface area contributed by atoms with E-state index in [9.17, 15) is 14.7 Å². The van der Waals surface area contributed by atoms with Crippen molar-refractivity contribution in [2.45, 2.75) is 45.1 Å². The molecule has 1 heterocycles. The van der Waals surface area contributed by atoms with E-state index in [0.29, 0.717) is 32.4 Å². The summed E-state index contributed by atoms with van der Waals surface area (Å²) in [6.07, 6.45) is 1.80. The summed E-state index contributed by atoms with van der Waals surface area (Å²) in [4.78, 5) is 25.4. The van der Waals surface area contributed by atoms with Crippen LogP contribution in [-0.4, -0.2) is 40.5 Å². The summed E-state index contributed by atoms with van der Waals surface area (Å²) in [6, 6.07) is 9.89. The predicted molar refractivity (Wildman–Crippen MR) is 88.5 cm³/mol. The molecule has 2 rings (SSSR count). The number of carbonyl (C=O) groups is 2. The molecule has 1 aromatic carbocycles. The van der Waals surface area contributed by atoms with E-state index >= 15 is 0 Å². The molecule has 0 aliphatic carbocycles. The van der Waals surface area contributed by atoms with Crippen LogP contribution in [0, 0.1) is 5.41 Å². The Morgan fingerprint density at radius 1 is 1.22 bits per heavy atom. The molecular weight excluding hydrogens is 292 g/mol. The largest absolute Gasteiger partial charge is 0.389 e. The molecule has 1 aliphatic heterocycles. The summed E-state index contributed by atoms with van der Waals surface area (Å²) in [7, 11) is 0. The first kappa shape index (κ1) is 17.5. The second kappa shape index (κ2) is 6.71. The minimum absolute atomic E-state index is 0.0736. The van der Waals surface area contributed by atoms with Crippen LogP contribution in [0.1, 0.15) is 38.7 Å². The monoisotopic (exact) mass is 318 g/mol. The highest BCUT2D eigenvalue weighted by Gasteiger charge is 2.36. The van der Waals surface area contributed by atoms with Gasteiger partial charge in [0.2, 0.25) is 11.8 Å². The van der Waals surface area contributed by atoms with E-state index in [2.05, 4.69) is 0 Å². The van der Waals surface area contributed by atoms with E-state index in [4.69, 9.17) is 5.73 Å². The van der Waals surface area contributed by atoms with Crippen molar-refractivity contribution in [3.8, 4) is 0 Å².